The molecule has 1 aliphatic heterocycles. The summed E-state index contributed by atoms with van der Waals surface area (Å²) < 4.78 is 23.7. The van der Waals surface area contributed by atoms with Crippen LogP contribution in [0.3, 0.4) is 0 Å². The Morgan fingerprint density at radius 3 is 2.94 bits per heavy atom. The van der Waals surface area contributed by atoms with Gasteiger partial charge in [0.2, 0.25) is 0 Å². The Morgan fingerprint density at radius 1 is 1.50 bits per heavy atom. The van der Waals surface area contributed by atoms with Gasteiger partial charge in [-0.15, -0.1) is 0 Å². The zero-order valence-electron chi connectivity index (χ0n) is 9.50. The number of hydrogen-bond donors (Lipinski definition) is 1. The first-order valence-electron chi connectivity index (χ1n) is 5.39. The van der Waals surface area contributed by atoms with Gasteiger partial charge in [0, 0.05) is 6.54 Å². The molecule has 1 saturated heterocycles. The number of morpholine rings is 1. The maximum Gasteiger partial charge on any atom is 0.165 e. The highest BCUT2D eigenvalue weighted by atomic mass is 19.1. The van der Waals surface area contributed by atoms with E-state index in [9.17, 15) is 4.39 Å². The fourth-order valence-electron chi connectivity index (χ4n) is 1.79. The fraction of sp³-hybridized carbons (Fsp3) is 0.500. The van der Waals surface area contributed by atoms with Crippen LogP contribution in [0.5, 0.6) is 5.75 Å². The Kier molecular flexibility index (Phi) is 3.41. The Labute approximate surface area is 94.6 Å². The molecule has 2 unspecified atom stereocenters. The van der Waals surface area contributed by atoms with Crippen molar-refractivity contribution in [3.05, 3.63) is 29.6 Å². The standard InChI is InChI=1S/C12H16FNO2/c1-8-6-14-11(7-16-8)9-3-4-10(13)12(5-9)15-2/h3-5,8,11,14H,6-7H2,1-2H3. The molecule has 0 spiro atoms. The average Bonchev–Trinajstić information content (AvgIpc) is 2.31. The van der Waals surface area contributed by atoms with Crippen molar-refractivity contribution in [2.75, 3.05) is 20.3 Å². The first kappa shape index (κ1) is 11.4. The zero-order chi connectivity index (χ0) is 11.5. The summed E-state index contributed by atoms with van der Waals surface area (Å²) in [5.41, 5.74) is 0.991. The third kappa shape index (κ3) is 2.33. The predicted molar refractivity (Wildman–Crippen MR) is 59.1 cm³/mol. The molecule has 1 N–H and O–H groups in total. The van der Waals surface area contributed by atoms with Gasteiger partial charge in [-0.1, -0.05) is 6.07 Å². The van der Waals surface area contributed by atoms with Crippen LogP contribution in [0.4, 0.5) is 4.39 Å². The minimum Gasteiger partial charge on any atom is -0.494 e. The lowest BCUT2D eigenvalue weighted by molar-refractivity contribution is 0.0149. The van der Waals surface area contributed by atoms with Gasteiger partial charge in [0.1, 0.15) is 0 Å². The predicted octanol–water partition coefficient (Wildman–Crippen LogP) is 1.88. The van der Waals surface area contributed by atoms with Crippen LogP contribution < -0.4 is 10.1 Å². The summed E-state index contributed by atoms with van der Waals surface area (Å²) in [4.78, 5) is 0. The second-order valence-corrected chi connectivity index (χ2v) is 4.00. The molecule has 0 radical (unpaired) electrons. The Morgan fingerprint density at radius 2 is 2.31 bits per heavy atom. The number of ether oxygens (including phenoxy) is 2. The van der Waals surface area contributed by atoms with Gasteiger partial charge in [0.05, 0.1) is 25.9 Å². The van der Waals surface area contributed by atoms with E-state index in [1.165, 1.54) is 13.2 Å². The van der Waals surface area contributed by atoms with Crippen LogP contribution in [-0.2, 0) is 4.74 Å². The van der Waals surface area contributed by atoms with Crippen LogP contribution in [0.25, 0.3) is 0 Å². The average molecular weight is 225 g/mol. The van der Waals surface area contributed by atoms with E-state index < -0.39 is 0 Å². The van der Waals surface area contributed by atoms with Crippen molar-refractivity contribution in [2.45, 2.75) is 19.1 Å². The molecule has 0 aliphatic carbocycles. The molecular weight excluding hydrogens is 209 g/mol. The Bertz CT molecular complexity index is 362. The van der Waals surface area contributed by atoms with Crippen LogP contribution in [0, 0.1) is 5.82 Å². The van der Waals surface area contributed by atoms with Gasteiger partial charge in [-0.2, -0.15) is 0 Å². The van der Waals surface area contributed by atoms with Gasteiger partial charge in [-0.3, -0.25) is 0 Å². The zero-order valence-corrected chi connectivity index (χ0v) is 9.50. The van der Waals surface area contributed by atoms with E-state index in [1.54, 1.807) is 12.1 Å². The van der Waals surface area contributed by atoms with Crippen molar-refractivity contribution in [3.63, 3.8) is 0 Å². The van der Waals surface area contributed by atoms with Gasteiger partial charge in [-0.25, -0.2) is 4.39 Å². The van der Waals surface area contributed by atoms with E-state index >= 15 is 0 Å². The van der Waals surface area contributed by atoms with E-state index in [4.69, 9.17) is 9.47 Å². The third-order valence-corrected chi connectivity index (χ3v) is 2.78. The number of rotatable bonds is 2. The monoisotopic (exact) mass is 225 g/mol. The van der Waals surface area contributed by atoms with Gasteiger partial charge in [0.25, 0.3) is 0 Å². The summed E-state index contributed by atoms with van der Waals surface area (Å²) in [6.45, 7) is 3.44. The smallest absolute Gasteiger partial charge is 0.165 e. The SMILES string of the molecule is COc1cc(C2COC(C)CN2)ccc1F. The van der Waals surface area contributed by atoms with E-state index in [-0.39, 0.29) is 23.7 Å². The highest BCUT2D eigenvalue weighted by Gasteiger charge is 2.20. The van der Waals surface area contributed by atoms with E-state index in [1.807, 2.05) is 6.92 Å². The second kappa shape index (κ2) is 4.80. The molecule has 2 rings (SSSR count). The molecule has 0 bridgehead atoms. The van der Waals surface area contributed by atoms with Crippen molar-refractivity contribution < 1.29 is 13.9 Å². The minimum absolute atomic E-state index is 0.116. The molecule has 4 heteroatoms. The van der Waals surface area contributed by atoms with Crippen LogP contribution in [0.15, 0.2) is 18.2 Å². The largest absolute Gasteiger partial charge is 0.494 e. The summed E-state index contributed by atoms with van der Waals surface area (Å²) >= 11 is 0. The molecule has 0 amide bonds. The number of methoxy groups -OCH3 is 1. The Balaban J connectivity index is 2.14. The van der Waals surface area contributed by atoms with E-state index in [2.05, 4.69) is 5.32 Å². The first-order valence-corrected chi connectivity index (χ1v) is 5.39. The molecule has 1 aliphatic rings. The maximum absolute atomic E-state index is 13.2. The first-order chi connectivity index (χ1) is 7.70. The van der Waals surface area contributed by atoms with E-state index in [0.717, 1.165) is 12.1 Å². The molecule has 0 aromatic heterocycles. The molecule has 1 heterocycles. The molecule has 3 nitrogen and oxygen atoms in total. The van der Waals surface area contributed by atoms with Crippen LogP contribution in [-0.4, -0.2) is 26.4 Å². The van der Waals surface area contributed by atoms with Crippen molar-refractivity contribution in [1.29, 1.82) is 0 Å². The fourth-order valence-corrected chi connectivity index (χ4v) is 1.79. The number of halogens is 1. The van der Waals surface area contributed by atoms with Crippen LogP contribution >= 0.6 is 0 Å². The van der Waals surface area contributed by atoms with Crippen LogP contribution in [0.1, 0.15) is 18.5 Å². The lowest BCUT2D eigenvalue weighted by Gasteiger charge is -2.28. The summed E-state index contributed by atoms with van der Waals surface area (Å²) in [5, 5.41) is 3.35. The molecule has 1 aromatic rings. The summed E-state index contributed by atoms with van der Waals surface area (Å²) in [5.74, 6) is -0.0609. The maximum atomic E-state index is 13.2. The van der Waals surface area contributed by atoms with E-state index in [0.29, 0.717) is 6.61 Å². The molecule has 1 fully saturated rings. The summed E-state index contributed by atoms with van der Waals surface area (Å²) in [7, 11) is 1.47. The van der Waals surface area contributed by atoms with Crippen molar-refractivity contribution in [3.8, 4) is 5.75 Å². The third-order valence-electron chi connectivity index (χ3n) is 2.78. The lowest BCUT2D eigenvalue weighted by atomic mass is 10.1. The quantitative estimate of drug-likeness (QED) is 0.833. The van der Waals surface area contributed by atoms with Crippen molar-refractivity contribution in [1.82, 2.24) is 5.32 Å². The van der Waals surface area contributed by atoms with Gasteiger partial charge in [-0.05, 0) is 24.6 Å². The van der Waals surface area contributed by atoms with Gasteiger partial charge < -0.3 is 14.8 Å². The van der Waals surface area contributed by atoms with Gasteiger partial charge in [0.15, 0.2) is 11.6 Å². The number of benzene rings is 1. The number of nitrogens with one attached hydrogen (secondary N) is 1. The normalized spacial score (nSPS) is 25.4. The second-order valence-electron chi connectivity index (χ2n) is 4.00. The topological polar surface area (TPSA) is 30.5 Å². The van der Waals surface area contributed by atoms with Gasteiger partial charge >= 0.3 is 0 Å². The lowest BCUT2D eigenvalue weighted by Crippen LogP contribution is -2.39. The minimum atomic E-state index is -0.337. The molecule has 2 atom stereocenters. The highest BCUT2D eigenvalue weighted by Crippen LogP contribution is 2.24. The molecule has 1 aromatic carbocycles. The van der Waals surface area contributed by atoms with Crippen molar-refractivity contribution in [2.24, 2.45) is 0 Å². The van der Waals surface area contributed by atoms with Crippen molar-refractivity contribution >= 4 is 0 Å². The Hall–Kier alpha value is -1.13. The molecule has 0 saturated carbocycles. The number of hydrogen-bond acceptors (Lipinski definition) is 3. The van der Waals surface area contributed by atoms with Crippen LogP contribution in [0.2, 0.25) is 0 Å². The summed E-state index contributed by atoms with van der Waals surface area (Å²) in [6.07, 6.45) is 0.235. The molecule has 88 valence electrons. The highest BCUT2D eigenvalue weighted by molar-refractivity contribution is 5.32. The summed E-state index contributed by atoms with van der Waals surface area (Å²) in [6, 6.07) is 5.01. The molecular formula is C12H16FNO2. The molecule has 16 heavy (non-hydrogen) atoms.